The maximum atomic E-state index is 12.7. The summed E-state index contributed by atoms with van der Waals surface area (Å²) in [5, 5.41) is 9.01. The molecule has 0 aliphatic carbocycles. The highest BCUT2D eigenvalue weighted by atomic mass is 32.2. The highest BCUT2D eigenvalue weighted by Gasteiger charge is 2.28. The monoisotopic (exact) mass is 333 g/mol. The van der Waals surface area contributed by atoms with E-state index in [1.54, 1.807) is 6.92 Å². The largest absolute Gasteiger partial charge is 0.477 e. The number of unbranched alkanes of at least 4 members (excludes halogenated alkanes) is 2. The summed E-state index contributed by atoms with van der Waals surface area (Å²) in [6, 6.07) is 1.28. The van der Waals surface area contributed by atoms with E-state index in [9.17, 15) is 13.2 Å². The third-order valence-corrected chi connectivity index (χ3v) is 6.42. The van der Waals surface area contributed by atoms with Gasteiger partial charge in [0.1, 0.15) is 4.88 Å². The van der Waals surface area contributed by atoms with Gasteiger partial charge in [-0.25, -0.2) is 13.2 Å². The molecule has 0 unspecified atom stereocenters. The normalized spacial score (nSPS) is 12.0. The standard InChI is InChI=1S/C14H23NO4S2/c1-4-6-8-15(9-7-5-2)21(18,19)13-10-12(14(16)17)20-11(13)3/h10H,4-9H2,1-3H3,(H,16,17). The Hall–Kier alpha value is -0.920. The maximum Gasteiger partial charge on any atom is 0.345 e. The number of rotatable bonds is 9. The number of thiophene rings is 1. The Kier molecular flexibility index (Phi) is 6.83. The minimum Gasteiger partial charge on any atom is -0.477 e. The van der Waals surface area contributed by atoms with Crippen LogP contribution in [0.25, 0.3) is 0 Å². The lowest BCUT2D eigenvalue weighted by Gasteiger charge is -2.21. The fraction of sp³-hybridized carbons (Fsp3) is 0.643. The third kappa shape index (κ3) is 4.52. The van der Waals surface area contributed by atoms with Crippen molar-refractivity contribution in [2.75, 3.05) is 13.1 Å². The summed E-state index contributed by atoms with van der Waals surface area (Å²) < 4.78 is 27.0. The number of sulfonamides is 1. The Bertz CT molecular complexity index is 570. The Morgan fingerprint density at radius 1 is 1.24 bits per heavy atom. The molecule has 120 valence electrons. The van der Waals surface area contributed by atoms with Gasteiger partial charge in [-0.1, -0.05) is 26.7 Å². The van der Waals surface area contributed by atoms with Gasteiger partial charge in [-0.05, 0) is 25.8 Å². The van der Waals surface area contributed by atoms with E-state index in [0.29, 0.717) is 18.0 Å². The van der Waals surface area contributed by atoms with Crippen molar-refractivity contribution >= 4 is 27.3 Å². The van der Waals surface area contributed by atoms with E-state index in [1.165, 1.54) is 10.4 Å². The Morgan fingerprint density at radius 2 is 1.76 bits per heavy atom. The van der Waals surface area contributed by atoms with E-state index in [1.807, 2.05) is 13.8 Å². The zero-order valence-corrected chi connectivity index (χ0v) is 14.4. The van der Waals surface area contributed by atoms with Crippen LogP contribution in [0.1, 0.15) is 54.1 Å². The molecule has 1 rings (SSSR count). The number of carbonyl (C=O) groups is 1. The molecule has 1 aromatic rings. The molecule has 1 aromatic heterocycles. The molecule has 21 heavy (non-hydrogen) atoms. The fourth-order valence-corrected chi connectivity index (χ4v) is 4.90. The molecule has 0 saturated heterocycles. The molecule has 7 heteroatoms. The fourth-order valence-electron chi connectivity index (χ4n) is 1.99. The number of nitrogens with zero attached hydrogens (tertiary/aromatic N) is 1. The Labute approximate surface area is 130 Å². The number of hydrogen-bond acceptors (Lipinski definition) is 4. The van der Waals surface area contributed by atoms with Gasteiger partial charge in [0.05, 0.1) is 4.90 Å². The second-order valence-electron chi connectivity index (χ2n) is 4.95. The van der Waals surface area contributed by atoms with Gasteiger partial charge in [-0.2, -0.15) is 4.31 Å². The molecule has 0 aliphatic heterocycles. The summed E-state index contributed by atoms with van der Waals surface area (Å²) in [5.74, 6) is -1.08. The molecule has 0 saturated carbocycles. The second kappa shape index (κ2) is 7.91. The lowest BCUT2D eigenvalue weighted by molar-refractivity contribution is 0.0702. The summed E-state index contributed by atoms with van der Waals surface area (Å²) in [6.07, 6.45) is 3.44. The van der Waals surface area contributed by atoms with Crippen LogP contribution in [0.5, 0.6) is 0 Å². The van der Waals surface area contributed by atoms with Gasteiger partial charge in [0.25, 0.3) is 0 Å². The smallest absolute Gasteiger partial charge is 0.345 e. The van der Waals surface area contributed by atoms with Gasteiger partial charge in [0.15, 0.2) is 0 Å². The molecule has 1 heterocycles. The molecular weight excluding hydrogens is 310 g/mol. The zero-order chi connectivity index (χ0) is 16.0. The molecule has 0 fully saturated rings. The number of aryl methyl sites for hydroxylation is 1. The van der Waals surface area contributed by atoms with Gasteiger partial charge in [-0.3, -0.25) is 0 Å². The minimum atomic E-state index is -3.61. The van der Waals surface area contributed by atoms with Gasteiger partial charge in [-0.15, -0.1) is 11.3 Å². The third-order valence-electron chi connectivity index (χ3n) is 3.22. The topological polar surface area (TPSA) is 74.7 Å². The van der Waals surface area contributed by atoms with Crippen molar-refractivity contribution in [2.24, 2.45) is 0 Å². The van der Waals surface area contributed by atoms with Gasteiger partial charge >= 0.3 is 5.97 Å². The maximum absolute atomic E-state index is 12.7. The van der Waals surface area contributed by atoms with Crippen LogP contribution in [0.2, 0.25) is 0 Å². The van der Waals surface area contributed by atoms with Crippen molar-refractivity contribution < 1.29 is 18.3 Å². The summed E-state index contributed by atoms with van der Waals surface area (Å²) in [7, 11) is -3.61. The molecular formula is C14H23NO4S2. The first-order valence-electron chi connectivity index (χ1n) is 7.18. The van der Waals surface area contributed by atoms with E-state index in [4.69, 9.17) is 5.11 Å². The van der Waals surface area contributed by atoms with E-state index in [0.717, 1.165) is 37.0 Å². The van der Waals surface area contributed by atoms with Crippen LogP contribution in [0, 0.1) is 6.92 Å². The number of aromatic carboxylic acids is 1. The van der Waals surface area contributed by atoms with Crippen molar-refractivity contribution in [3.05, 3.63) is 15.8 Å². The predicted molar refractivity (Wildman–Crippen MR) is 84.6 cm³/mol. The first kappa shape index (κ1) is 18.1. The number of carboxylic acid groups (broad SMARTS) is 1. The van der Waals surface area contributed by atoms with E-state index >= 15 is 0 Å². The molecule has 5 nitrogen and oxygen atoms in total. The summed E-state index contributed by atoms with van der Waals surface area (Å²) in [4.78, 5) is 11.7. The van der Waals surface area contributed by atoms with Crippen LogP contribution in [0.3, 0.4) is 0 Å². The van der Waals surface area contributed by atoms with Crippen LogP contribution in [-0.2, 0) is 10.0 Å². The van der Waals surface area contributed by atoms with Gasteiger partial charge in [0, 0.05) is 18.0 Å². The van der Waals surface area contributed by atoms with Gasteiger partial charge in [0.2, 0.25) is 10.0 Å². The highest BCUT2D eigenvalue weighted by Crippen LogP contribution is 2.28. The van der Waals surface area contributed by atoms with Crippen LogP contribution in [0.15, 0.2) is 11.0 Å². The van der Waals surface area contributed by atoms with Crippen molar-refractivity contribution in [2.45, 2.75) is 51.3 Å². The van der Waals surface area contributed by atoms with E-state index in [-0.39, 0.29) is 9.77 Å². The first-order valence-corrected chi connectivity index (χ1v) is 9.44. The van der Waals surface area contributed by atoms with Crippen LogP contribution in [-0.4, -0.2) is 36.9 Å². The van der Waals surface area contributed by atoms with Crippen molar-refractivity contribution in [3.63, 3.8) is 0 Å². The molecule has 0 bridgehead atoms. The Morgan fingerprint density at radius 3 is 2.14 bits per heavy atom. The van der Waals surface area contributed by atoms with Crippen molar-refractivity contribution in [3.8, 4) is 0 Å². The Balaban J connectivity index is 3.11. The molecule has 0 radical (unpaired) electrons. The first-order chi connectivity index (χ1) is 9.84. The lowest BCUT2D eigenvalue weighted by Crippen LogP contribution is -2.33. The molecule has 0 spiro atoms. The molecule has 0 aromatic carbocycles. The quantitative estimate of drug-likeness (QED) is 0.752. The van der Waals surface area contributed by atoms with Crippen LogP contribution in [0.4, 0.5) is 0 Å². The molecule has 0 amide bonds. The molecule has 0 aliphatic rings. The van der Waals surface area contributed by atoms with Gasteiger partial charge < -0.3 is 5.11 Å². The van der Waals surface area contributed by atoms with E-state index in [2.05, 4.69) is 0 Å². The van der Waals surface area contributed by atoms with E-state index < -0.39 is 16.0 Å². The minimum absolute atomic E-state index is 0.0667. The molecule has 0 atom stereocenters. The summed E-state index contributed by atoms with van der Waals surface area (Å²) >= 11 is 1.01. The summed E-state index contributed by atoms with van der Waals surface area (Å²) in [6.45, 7) is 6.65. The SMILES string of the molecule is CCCCN(CCCC)S(=O)(=O)c1cc(C(=O)O)sc1C. The zero-order valence-electron chi connectivity index (χ0n) is 12.8. The average molecular weight is 333 g/mol. The van der Waals surface area contributed by atoms with Crippen molar-refractivity contribution in [1.29, 1.82) is 0 Å². The second-order valence-corrected chi connectivity index (χ2v) is 8.11. The predicted octanol–water partition coefficient (Wildman–Crippen LogP) is 3.35. The summed E-state index contributed by atoms with van der Waals surface area (Å²) in [5.41, 5.74) is 0. The highest BCUT2D eigenvalue weighted by molar-refractivity contribution is 7.89. The van der Waals surface area contributed by atoms with Crippen molar-refractivity contribution in [1.82, 2.24) is 4.31 Å². The average Bonchev–Trinajstić information content (AvgIpc) is 2.81. The molecule has 1 N–H and O–H groups in total. The number of hydrogen-bond donors (Lipinski definition) is 1. The van der Waals surface area contributed by atoms with Crippen LogP contribution >= 0.6 is 11.3 Å². The number of carboxylic acids is 1. The van der Waals surface area contributed by atoms with Crippen LogP contribution < -0.4 is 0 Å². The lowest BCUT2D eigenvalue weighted by atomic mass is 10.3.